The molecule has 1 amide bonds. The third kappa shape index (κ3) is 3.98. The number of nitrogens with zero attached hydrogens (tertiary/aromatic N) is 1. The van der Waals surface area contributed by atoms with Crippen LogP contribution in [-0.4, -0.2) is 48.7 Å². The molecule has 104 valence electrons. The molecule has 1 rings (SSSR count). The van der Waals surface area contributed by atoms with Gasteiger partial charge in [0.25, 0.3) is 0 Å². The highest BCUT2D eigenvalue weighted by molar-refractivity contribution is 5.84. The van der Waals surface area contributed by atoms with E-state index in [1.54, 1.807) is 25.9 Å². The van der Waals surface area contributed by atoms with Crippen molar-refractivity contribution in [2.45, 2.75) is 33.1 Å². The van der Waals surface area contributed by atoms with E-state index in [2.05, 4.69) is 0 Å². The van der Waals surface area contributed by atoms with E-state index in [1.165, 1.54) is 0 Å². The molecule has 1 heterocycles. The number of aliphatic carboxylic acids is 1. The lowest BCUT2D eigenvalue weighted by Crippen LogP contribution is -2.43. The molecule has 1 saturated heterocycles. The Balaban J connectivity index is 2.53. The van der Waals surface area contributed by atoms with Gasteiger partial charge in [-0.1, -0.05) is 0 Å². The summed E-state index contributed by atoms with van der Waals surface area (Å²) in [5.41, 5.74) is -0.995. The van der Waals surface area contributed by atoms with Crippen LogP contribution in [0.25, 0.3) is 0 Å². The lowest BCUT2D eigenvalue weighted by molar-refractivity contribution is -0.152. The Labute approximate surface area is 108 Å². The van der Waals surface area contributed by atoms with Crippen molar-refractivity contribution in [1.82, 2.24) is 4.90 Å². The van der Waals surface area contributed by atoms with Crippen molar-refractivity contribution in [3.63, 3.8) is 0 Å². The van der Waals surface area contributed by atoms with Gasteiger partial charge >= 0.3 is 5.97 Å². The van der Waals surface area contributed by atoms with Gasteiger partial charge in [-0.2, -0.15) is 0 Å². The number of carboxylic acid groups (broad SMARTS) is 1. The van der Waals surface area contributed by atoms with Gasteiger partial charge in [0.1, 0.15) is 0 Å². The highest BCUT2D eigenvalue weighted by atomic mass is 16.5. The summed E-state index contributed by atoms with van der Waals surface area (Å²) in [6.45, 7) is 5.25. The molecule has 0 aromatic heterocycles. The highest BCUT2D eigenvalue weighted by Gasteiger charge is 2.33. The molecule has 0 aliphatic carbocycles. The molecule has 1 aliphatic rings. The molecule has 1 atom stereocenters. The van der Waals surface area contributed by atoms with Crippen molar-refractivity contribution in [2.75, 3.05) is 26.8 Å². The summed E-state index contributed by atoms with van der Waals surface area (Å²) in [6.07, 6.45) is 2.09. The molecule has 0 aromatic carbocycles. The van der Waals surface area contributed by atoms with Crippen LogP contribution in [0.4, 0.5) is 0 Å². The molecule has 18 heavy (non-hydrogen) atoms. The lowest BCUT2D eigenvalue weighted by Gasteiger charge is -2.34. The highest BCUT2D eigenvalue weighted by Crippen LogP contribution is 2.24. The largest absolute Gasteiger partial charge is 0.481 e. The van der Waals surface area contributed by atoms with Crippen LogP contribution in [0.1, 0.15) is 33.1 Å². The third-order valence-corrected chi connectivity index (χ3v) is 3.45. The molecular weight excluding hydrogens is 234 g/mol. The standard InChI is InChI=1S/C13H23NO4/c1-13(2,12(16)17)7-11(15)14-6-4-5-10(8-14)9-18-3/h10H,4-9H2,1-3H3,(H,16,17). The zero-order valence-corrected chi connectivity index (χ0v) is 11.4. The summed E-state index contributed by atoms with van der Waals surface area (Å²) in [5, 5.41) is 9.03. The maximum absolute atomic E-state index is 12.1. The minimum absolute atomic E-state index is 0.0576. The van der Waals surface area contributed by atoms with Crippen molar-refractivity contribution >= 4 is 11.9 Å². The third-order valence-electron chi connectivity index (χ3n) is 3.45. The van der Waals surface area contributed by atoms with Gasteiger partial charge in [-0.05, 0) is 32.6 Å². The van der Waals surface area contributed by atoms with E-state index in [0.717, 1.165) is 19.4 Å². The number of piperidine rings is 1. The Kier molecular flexibility index (Phi) is 5.14. The quantitative estimate of drug-likeness (QED) is 0.808. The van der Waals surface area contributed by atoms with Gasteiger partial charge in [0, 0.05) is 26.6 Å². The van der Waals surface area contributed by atoms with Crippen LogP contribution in [-0.2, 0) is 14.3 Å². The molecular formula is C13H23NO4. The predicted molar refractivity (Wildman–Crippen MR) is 67.2 cm³/mol. The van der Waals surface area contributed by atoms with Crippen LogP contribution in [0.15, 0.2) is 0 Å². The van der Waals surface area contributed by atoms with Crippen LogP contribution >= 0.6 is 0 Å². The van der Waals surface area contributed by atoms with E-state index in [4.69, 9.17) is 9.84 Å². The molecule has 0 saturated carbocycles. The summed E-state index contributed by atoms with van der Waals surface area (Å²) in [6, 6.07) is 0. The van der Waals surface area contributed by atoms with E-state index < -0.39 is 11.4 Å². The number of rotatable bonds is 5. The van der Waals surface area contributed by atoms with Gasteiger partial charge in [0.2, 0.25) is 5.91 Å². The second-order valence-corrected chi connectivity index (χ2v) is 5.67. The number of likely N-dealkylation sites (tertiary alicyclic amines) is 1. The number of ether oxygens (including phenoxy) is 1. The molecule has 1 aliphatic heterocycles. The predicted octanol–water partition coefficient (Wildman–Crippen LogP) is 1.37. The molecule has 0 bridgehead atoms. The van der Waals surface area contributed by atoms with E-state index in [0.29, 0.717) is 19.1 Å². The second-order valence-electron chi connectivity index (χ2n) is 5.67. The Bertz CT molecular complexity index is 312. The van der Waals surface area contributed by atoms with E-state index in [9.17, 15) is 9.59 Å². The van der Waals surface area contributed by atoms with Crippen LogP contribution in [0.2, 0.25) is 0 Å². The van der Waals surface area contributed by atoms with E-state index in [1.807, 2.05) is 0 Å². The monoisotopic (exact) mass is 257 g/mol. The van der Waals surface area contributed by atoms with Crippen LogP contribution < -0.4 is 0 Å². The van der Waals surface area contributed by atoms with Crippen molar-refractivity contribution in [1.29, 1.82) is 0 Å². The lowest BCUT2D eigenvalue weighted by atomic mass is 9.88. The van der Waals surface area contributed by atoms with Crippen molar-refractivity contribution in [2.24, 2.45) is 11.3 Å². The summed E-state index contributed by atoms with van der Waals surface area (Å²) >= 11 is 0. The zero-order valence-electron chi connectivity index (χ0n) is 11.4. The number of hydrogen-bond donors (Lipinski definition) is 1. The number of carboxylic acids is 1. The molecule has 1 fully saturated rings. The van der Waals surface area contributed by atoms with Gasteiger partial charge in [-0.3, -0.25) is 9.59 Å². The number of methoxy groups -OCH3 is 1. The average molecular weight is 257 g/mol. The molecule has 5 nitrogen and oxygen atoms in total. The summed E-state index contributed by atoms with van der Waals surface area (Å²) in [4.78, 5) is 24.9. The van der Waals surface area contributed by atoms with E-state index >= 15 is 0 Å². The molecule has 1 N–H and O–H groups in total. The topological polar surface area (TPSA) is 66.8 Å². The van der Waals surface area contributed by atoms with Crippen LogP contribution in [0.5, 0.6) is 0 Å². The van der Waals surface area contributed by atoms with Gasteiger partial charge in [0.05, 0.1) is 12.0 Å². The first-order chi connectivity index (χ1) is 8.36. The van der Waals surface area contributed by atoms with Gasteiger partial charge in [0.15, 0.2) is 0 Å². The Morgan fingerprint density at radius 3 is 2.67 bits per heavy atom. The normalized spacial score (nSPS) is 20.8. The number of hydrogen-bond acceptors (Lipinski definition) is 3. The fourth-order valence-electron chi connectivity index (χ4n) is 2.23. The average Bonchev–Trinajstić information content (AvgIpc) is 2.29. The first-order valence-corrected chi connectivity index (χ1v) is 6.37. The van der Waals surface area contributed by atoms with Gasteiger partial charge in [-0.25, -0.2) is 0 Å². The van der Waals surface area contributed by atoms with Gasteiger partial charge in [-0.15, -0.1) is 0 Å². The van der Waals surface area contributed by atoms with E-state index in [-0.39, 0.29) is 12.3 Å². The molecule has 5 heteroatoms. The number of carbonyl (C=O) groups is 2. The fourth-order valence-corrected chi connectivity index (χ4v) is 2.23. The smallest absolute Gasteiger partial charge is 0.309 e. The van der Waals surface area contributed by atoms with Crippen LogP contribution in [0.3, 0.4) is 0 Å². The zero-order chi connectivity index (χ0) is 13.8. The summed E-state index contributed by atoms with van der Waals surface area (Å²) in [7, 11) is 1.66. The summed E-state index contributed by atoms with van der Waals surface area (Å²) < 4.78 is 5.12. The Morgan fingerprint density at radius 1 is 1.44 bits per heavy atom. The number of carbonyl (C=O) groups excluding carboxylic acids is 1. The Morgan fingerprint density at radius 2 is 2.11 bits per heavy atom. The molecule has 0 radical (unpaired) electrons. The minimum Gasteiger partial charge on any atom is -0.481 e. The van der Waals surface area contributed by atoms with Crippen molar-refractivity contribution < 1.29 is 19.4 Å². The first-order valence-electron chi connectivity index (χ1n) is 6.37. The summed E-state index contributed by atoms with van der Waals surface area (Å²) in [5.74, 6) is -0.620. The maximum atomic E-state index is 12.1. The van der Waals surface area contributed by atoms with Crippen molar-refractivity contribution in [3.05, 3.63) is 0 Å². The first kappa shape index (κ1) is 15.0. The number of amides is 1. The van der Waals surface area contributed by atoms with Gasteiger partial charge < -0.3 is 14.7 Å². The second kappa shape index (κ2) is 6.18. The molecule has 0 aromatic rings. The SMILES string of the molecule is COCC1CCCN(C(=O)CC(C)(C)C(=O)O)C1. The molecule has 0 spiro atoms. The minimum atomic E-state index is -0.995. The van der Waals surface area contributed by atoms with Crippen molar-refractivity contribution in [3.8, 4) is 0 Å². The molecule has 1 unspecified atom stereocenters. The fraction of sp³-hybridized carbons (Fsp3) is 0.846. The Hall–Kier alpha value is -1.10. The van der Waals surface area contributed by atoms with Crippen LogP contribution in [0, 0.1) is 11.3 Å². The maximum Gasteiger partial charge on any atom is 0.309 e.